The summed E-state index contributed by atoms with van der Waals surface area (Å²) in [7, 11) is 1.71. The lowest BCUT2D eigenvalue weighted by molar-refractivity contribution is 0.210. The molecule has 5 heteroatoms. The third kappa shape index (κ3) is 4.58. The van der Waals surface area contributed by atoms with Gasteiger partial charge in [0.25, 0.3) is 0 Å². The normalized spacial score (nSPS) is 19.0. The number of thiocarbonyl (C=S) groups is 1. The van der Waals surface area contributed by atoms with Gasteiger partial charge in [-0.1, -0.05) is 6.07 Å². The Hall–Kier alpha value is -2.27. The molecule has 0 amide bonds. The van der Waals surface area contributed by atoms with Gasteiger partial charge in [-0.25, -0.2) is 0 Å². The average molecular weight is 397 g/mol. The summed E-state index contributed by atoms with van der Waals surface area (Å²) in [4.78, 5) is 0. The number of methoxy groups -OCH3 is 1. The maximum Gasteiger partial charge on any atom is 0.171 e. The van der Waals surface area contributed by atoms with E-state index in [0.717, 1.165) is 36.4 Å². The molecule has 0 aromatic heterocycles. The zero-order valence-corrected chi connectivity index (χ0v) is 17.2. The SMILES string of the molecule is COc1ccc2c(c1)CCC[C@H]2NC(=S)Nc1ccc(OC2CCCC2)cc1. The highest BCUT2D eigenvalue weighted by molar-refractivity contribution is 7.80. The smallest absolute Gasteiger partial charge is 0.171 e. The molecule has 0 radical (unpaired) electrons. The van der Waals surface area contributed by atoms with Crippen LogP contribution in [0.1, 0.15) is 55.7 Å². The zero-order chi connectivity index (χ0) is 19.3. The van der Waals surface area contributed by atoms with Gasteiger partial charge in [-0.2, -0.15) is 0 Å². The van der Waals surface area contributed by atoms with Crippen LogP contribution in [0.15, 0.2) is 42.5 Å². The average Bonchev–Trinajstić information content (AvgIpc) is 3.22. The summed E-state index contributed by atoms with van der Waals surface area (Å²) >= 11 is 5.56. The van der Waals surface area contributed by atoms with Crippen molar-refractivity contribution in [2.75, 3.05) is 12.4 Å². The predicted molar refractivity (Wildman–Crippen MR) is 117 cm³/mol. The lowest BCUT2D eigenvalue weighted by Crippen LogP contribution is -2.34. The van der Waals surface area contributed by atoms with Crippen LogP contribution >= 0.6 is 12.2 Å². The van der Waals surface area contributed by atoms with Crippen LogP contribution in [0, 0.1) is 0 Å². The van der Waals surface area contributed by atoms with Crippen LogP contribution in [-0.4, -0.2) is 18.3 Å². The maximum absolute atomic E-state index is 6.03. The first-order valence-electron chi connectivity index (χ1n) is 10.2. The van der Waals surface area contributed by atoms with Crippen molar-refractivity contribution < 1.29 is 9.47 Å². The minimum absolute atomic E-state index is 0.236. The van der Waals surface area contributed by atoms with Crippen molar-refractivity contribution in [3.05, 3.63) is 53.6 Å². The Balaban J connectivity index is 1.34. The Morgan fingerprint density at radius 2 is 1.71 bits per heavy atom. The van der Waals surface area contributed by atoms with Crippen molar-refractivity contribution in [1.82, 2.24) is 5.32 Å². The van der Waals surface area contributed by atoms with E-state index in [0.29, 0.717) is 11.2 Å². The minimum atomic E-state index is 0.236. The van der Waals surface area contributed by atoms with Crippen molar-refractivity contribution in [2.24, 2.45) is 0 Å². The number of anilines is 1. The molecule has 0 saturated heterocycles. The fraction of sp³-hybridized carbons (Fsp3) is 0.435. The van der Waals surface area contributed by atoms with E-state index in [1.807, 2.05) is 30.3 Å². The van der Waals surface area contributed by atoms with Gasteiger partial charge in [0.2, 0.25) is 0 Å². The van der Waals surface area contributed by atoms with Crippen molar-refractivity contribution in [3.63, 3.8) is 0 Å². The van der Waals surface area contributed by atoms with E-state index in [-0.39, 0.29) is 6.04 Å². The topological polar surface area (TPSA) is 42.5 Å². The van der Waals surface area contributed by atoms with E-state index in [1.54, 1.807) is 7.11 Å². The summed E-state index contributed by atoms with van der Waals surface area (Å²) < 4.78 is 11.4. The second-order valence-corrected chi connectivity index (χ2v) is 8.06. The highest BCUT2D eigenvalue weighted by atomic mass is 32.1. The first kappa shape index (κ1) is 19.1. The summed E-state index contributed by atoms with van der Waals surface area (Å²) in [5, 5.41) is 7.44. The van der Waals surface area contributed by atoms with E-state index in [1.165, 1.54) is 36.8 Å². The number of benzene rings is 2. The van der Waals surface area contributed by atoms with Gasteiger partial charge in [-0.3, -0.25) is 0 Å². The zero-order valence-electron chi connectivity index (χ0n) is 16.4. The van der Waals surface area contributed by atoms with Crippen molar-refractivity contribution >= 4 is 23.0 Å². The van der Waals surface area contributed by atoms with Crippen LogP contribution in [0.4, 0.5) is 5.69 Å². The van der Waals surface area contributed by atoms with Gasteiger partial charge >= 0.3 is 0 Å². The molecule has 4 rings (SSSR count). The molecule has 2 aromatic carbocycles. The Labute approximate surface area is 172 Å². The molecule has 28 heavy (non-hydrogen) atoms. The van der Waals surface area contributed by atoms with E-state index in [4.69, 9.17) is 21.7 Å². The monoisotopic (exact) mass is 396 g/mol. The summed E-state index contributed by atoms with van der Waals surface area (Å²) in [5.41, 5.74) is 3.64. The lowest BCUT2D eigenvalue weighted by atomic mass is 9.87. The predicted octanol–water partition coefficient (Wildman–Crippen LogP) is 5.38. The Bertz CT molecular complexity index is 816. The quantitative estimate of drug-likeness (QED) is 0.664. The van der Waals surface area contributed by atoms with Gasteiger partial charge in [0, 0.05) is 5.69 Å². The second-order valence-electron chi connectivity index (χ2n) is 7.66. The molecule has 0 aliphatic heterocycles. The number of fused-ring (bicyclic) bond motifs is 1. The molecule has 2 aliphatic carbocycles. The van der Waals surface area contributed by atoms with Gasteiger partial charge in [-0.15, -0.1) is 0 Å². The van der Waals surface area contributed by atoms with Crippen LogP contribution in [0.25, 0.3) is 0 Å². The molecule has 0 heterocycles. The van der Waals surface area contributed by atoms with Gasteiger partial charge < -0.3 is 20.1 Å². The first-order valence-corrected chi connectivity index (χ1v) is 10.6. The Morgan fingerprint density at radius 3 is 2.46 bits per heavy atom. The molecule has 2 N–H and O–H groups in total. The standard InChI is InChI=1S/C23H28N2O2S/c1-26-20-13-14-21-16(15-20)5-4-8-22(21)25-23(28)24-17-9-11-19(12-10-17)27-18-6-2-3-7-18/h9-15,18,22H,2-8H2,1H3,(H2,24,25,28)/t22-/m1/s1. The summed E-state index contributed by atoms with van der Waals surface area (Å²) in [5.74, 6) is 1.85. The van der Waals surface area contributed by atoms with Gasteiger partial charge in [0.05, 0.1) is 19.3 Å². The molecular weight excluding hydrogens is 368 g/mol. The number of hydrogen-bond donors (Lipinski definition) is 2. The molecule has 0 spiro atoms. The van der Waals surface area contributed by atoms with Gasteiger partial charge in [-0.05, 0) is 105 Å². The largest absolute Gasteiger partial charge is 0.497 e. The summed E-state index contributed by atoms with van der Waals surface area (Å²) in [6, 6.07) is 14.6. The van der Waals surface area contributed by atoms with E-state index in [2.05, 4.69) is 22.8 Å². The molecule has 4 nitrogen and oxygen atoms in total. The van der Waals surface area contributed by atoms with Gasteiger partial charge in [0.1, 0.15) is 11.5 Å². The Morgan fingerprint density at radius 1 is 0.964 bits per heavy atom. The van der Waals surface area contributed by atoms with Crippen molar-refractivity contribution in [2.45, 2.75) is 57.1 Å². The maximum atomic E-state index is 6.03. The molecule has 1 atom stereocenters. The van der Waals surface area contributed by atoms with Crippen LogP contribution in [0.2, 0.25) is 0 Å². The second kappa shape index (κ2) is 8.82. The highest BCUT2D eigenvalue weighted by Crippen LogP contribution is 2.32. The fourth-order valence-corrected chi connectivity index (χ4v) is 4.47. The third-order valence-electron chi connectivity index (χ3n) is 5.69. The number of hydrogen-bond acceptors (Lipinski definition) is 3. The number of nitrogens with one attached hydrogen (secondary N) is 2. The molecule has 1 fully saturated rings. The molecular formula is C23H28N2O2S. The lowest BCUT2D eigenvalue weighted by Gasteiger charge is -2.28. The van der Waals surface area contributed by atoms with Crippen molar-refractivity contribution in [3.8, 4) is 11.5 Å². The Kier molecular flexibility index (Phi) is 6.01. The molecule has 148 valence electrons. The van der Waals surface area contributed by atoms with E-state index >= 15 is 0 Å². The van der Waals surface area contributed by atoms with Gasteiger partial charge in [0.15, 0.2) is 5.11 Å². The highest BCUT2D eigenvalue weighted by Gasteiger charge is 2.21. The fourth-order valence-electron chi connectivity index (χ4n) is 4.21. The molecule has 0 unspecified atom stereocenters. The molecule has 2 aliphatic rings. The minimum Gasteiger partial charge on any atom is -0.497 e. The first-order chi connectivity index (χ1) is 13.7. The molecule has 1 saturated carbocycles. The van der Waals surface area contributed by atoms with Crippen LogP contribution in [-0.2, 0) is 6.42 Å². The van der Waals surface area contributed by atoms with Crippen LogP contribution < -0.4 is 20.1 Å². The van der Waals surface area contributed by atoms with E-state index in [9.17, 15) is 0 Å². The summed E-state index contributed by atoms with van der Waals surface area (Å²) in [6.07, 6.45) is 8.59. The third-order valence-corrected chi connectivity index (χ3v) is 5.91. The number of rotatable bonds is 5. The number of ether oxygens (including phenoxy) is 2. The molecule has 0 bridgehead atoms. The van der Waals surface area contributed by atoms with Crippen molar-refractivity contribution in [1.29, 1.82) is 0 Å². The van der Waals surface area contributed by atoms with Crippen LogP contribution in [0.5, 0.6) is 11.5 Å². The van der Waals surface area contributed by atoms with E-state index < -0.39 is 0 Å². The number of aryl methyl sites for hydroxylation is 1. The van der Waals surface area contributed by atoms with Crippen LogP contribution in [0.3, 0.4) is 0 Å². The molecule has 2 aromatic rings. The summed E-state index contributed by atoms with van der Waals surface area (Å²) in [6.45, 7) is 0.